The number of likely N-dealkylation sites (N-methyl/N-ethyl adjacent to an activating group) is 1. The molecule has 0 atom stereocenters. The molecular weight excluding hydrogens is 264 g/mol. The van der Waals surface area contributed by atoms with Crippen molar-refractivity contribution < 1.29 is 9.53 Å². The third-order valence-electron chi connectivity index (χ3n) is 4.40. The first-order valence-electron chi connectivity index (χ1n) is 7.64. The number of hydrogen-bond acceptors (Lipinski definition) is 3. The van der Waals surface area contributed by atoms with Crippen LogP contribution in [0.1, 0.15) is 43.2 Å². The second kappa shape index (κ2) is 6.48. The number of carbonyl (C=O) groups excluding carboxylic acids is 1. The maximum absolute atomic E-state index is 12.6. The van der Waals surface area contributed by atoms with E-state index < -0.39 is 5.54 Å². The van der Waals surface area contributed by atoms with Crippen molar-refractivity contribution >= 4 is 5.91 Å². The van der Waals surface area contributed by atoms with E-state index in [-0.39, 0.29) is 5.91 Å². The molecule has 0 spiro atoms. The number of aryl methyl sites for hydroxylation is 1. The van der Waals surface area contributed by atoms with Gasteiger partial charge in [-0.3, -0.25) is 4.79 Å². The van der Waals surface area contributed by atoms with Crippen molar-refractivity contribution in [3.05, 3.63) is 29.3 Å². The lowest BCUT2D eigenvalue weighted by molar-refractivity contribution is -0.137. The van der Waals surface area contributed by atoms with Gasteiger partial charge in [-0.05, 0) is 37.0 Å². The van der Waals surface area contributed by atoms with Crippen LogP contribution in [0.15, 0.2) is 18.2 Å². The quantitative estimate of drug-likeness (QED) is 0.927. The molecule has 4 heteroatoms. The van der Waals surface area contributed by atoms with Crippen LogP contribution in [0.3, 0.4) is 0 Å². The molecule has 2 rings (SSSR count). The maximum atomic E-state index is 12.6. The van der Waals surface area contributed by atoms with Crippen LogP contribution >= 0.6 is 0 Å². The number of nitrogens with two attached hydrogens (primary N) is 1. The van der Waals surface area contributed by atoms with Gasteiger partial charge in [0.2, 0.25) is 5.91 Å². The topological polar surface area (TPSA) is 55.6 Å². The Bertz CT molecular complexity index is 508. The van der Waals surface area contributed by atoms with Gasteiger partial charge in [0.25, 0.3) is 0 Å². The van der Waals surface area contributed by atoms with E-state index in [0.29, 0.717) is 6.54 Å². The molecule has 1 saturated carbocycles. The molecule has 0 aromatic heterocycles. The standard InChI is InChI=1S/C17H26N2O2/c1-13-11-14(7-8-15(13)21-3)12-19(2)16(20)17(18)9-5-4-6-10-17/h7-8,11H,4-6,9-10,12,18H2,1-3H3. The number of carbonyl (C=O) groups is 1. The minimum absolute atomic E-state index is 0.0654. The number of amides is 1. The Hall–Kier alpha value is -1.55. The average molecular weight is 290 g/mol. The van der Waals surface area contributed by atoms with Crippen LogP contribution in [0.2, 0.25) is 0 Å². The van der Waals surface area contributed by atoms with E-state index in [4.69, 9.17) is 10.5 Å². The van der Waals surface area contributed by atoms with Gasteiger partial charge in [0.15, 0.2) is 0 Å². The molecule has 0 bridgehead atoms. The van der Waals surface area contributed by atoms with Crippen molar-refractivity contribution in [2.75, 3.05) is 14.2 Å². The molecule has 2 N–H and O–H groups in total. The molecule has 1 aliphatic rings. The molecule has 1 aromatic rings. The molecule has 0 heterocycles. The predicted molar refractivity (Wildman–Crippen MR) is 84.2 cm³/mol. The van der Waals surface area contributed by atoms with Gasteiger partial charge in [-0.15, -0.1) is 0 Å². The van der Waals surface area contributed by atoms with Crippen LogP contribution in [0, 0.1) is 6.92 Å². The van der Waals surface area contributed by atoms with Crippen molar-refractivity contribution in [1.29, 1.82) is 0 Å². The number of hydrogen-bond donors (Lipinski definition) is 1. The number of nitrogens with zero attached hydrogens (tertiary/aromatic N) is 1. The summed E-state index contributed by atoms with van der Waals surface area (Å²) < 4.78 is 5.26. The zero-order chi connectivity index (χ0) is 15.5. The largest absolute Gasteiger partial charge is 0.496 e. The SMILES string of the molecule is COc1ccc(CN(C)C(=O)C2(N)CCCCC2)cc1C. The fourth-order valence-electron chi connectivity index (χ4n) is 3.16. The van der Waals surface area contributed by atoms with Crippen molar-refractivity contribution in [3.8, 4) is 5.75 Å². The van der Waals surface area contributed by atoms with Crippen molar-refractivity contribution in [3.63, 3.8) is 0 Å². The second-order valence-corrected chi connectivity index (χ2v) is 6.18. The highest BCUT2D eigenvalue weighted by atomic mass is 16.5. The highest BCUT2D eigenvalue weighted by Gasteiger charge is 2.37. The summed E-state index contributed by atoms with van der Waals surface area (Å²) in [5.74, 6) is 0.936. The first-order valence-corrected chi connectivity index (χ1v) is 7.64. The summed E-state index contributed by atoms with van der Waals surface area (Å²) in [4.78, 5) is 14.4. The Morgan fingerprint density at radius 2 is 2.00 bits per heavy atom. The second-order valence-electron chi connectivity index (χ2n) is 6.18. The van der Waals surface area contributed by atoms with Crippen LogP contribution in [-0.4, -0.2) is 30.5 Å². The number of ether oxygens (including phenoxy) is 1. The van der Waals surface area contributed by atoms with Gasteiger partial charge in [0.05, 0.1) is 12.6 Å². The van der Waals surface area contributed by atoms with Gasteiger partial charge in [-0.2, -0.15) is 0 Å². The summed E-state index contributed by atoms with van der Waals surface area (Å²) in [5, 5.41) is 0. The monoisotopic (exact) mass is 290 g/mol. The molecule has 116 valence electrons. The smallest absolute Gasteiger partial charge is 0.242 e. The average Bonchev–Trinajstić information content (AvgIpc) is 2.47. The van der Waals surface area contributed by atoms with Crippen molar-refractivity contribution in [1.82, 2.24) is 4.90 Å². The minimum atomic E-state index is -0.658. The molecule has 4 nitrogen and oxygen atoms in total. The van der Waals surface area contributed by atoms with Crippen LogP contribution in [0.25, 0.3) is 0 Å². The molecule has 0 radical (unpaired) electrons. The Morgan fingerprint density at radius 3 is 2.57 bits per heavy atom. The van der Waals surface area contributed by atoms with Gasteiger partial charge < -0.3 is 15.4 Å². The fourth-order valence-corrected chi connectivity index (χ4v) is 3.16. The summed E-state index contributed by atoms with van der Waals surface area (Å²) in [6, 6.07) is 6.01. The van der Waals surface area contributed by atoms with Crippen LogP contribution < -0.4 is 10.5 Å². The number of benzene rings is 1. The number of rotatable bonds is 4. The Balaban J connectivity index is 2.05. The highest BCUT2D eigenvalue weighted by Crippen LogP contribution is 2.28. The summed E-state index contributed by atoms with van der Waals surface area (Å²) in [6.07, 6.45) is 4.90. The lowest BCUT2D eigenvalue weighted by atomic mass is 9.81. The van der Waals surface area contributed by atoms with Gasteiger partial charge in [-0.1, -0.05) is 31.4 Å². The Morgan fingerprint density at radius 1 is 1.33 bits per heavy atom. The highest BCUT2D eigenvalue weighted by molar-refractivity contribution is 5.86. The zero-order valence-corrected chi connectivity index (χ0v) is 13.3. The summed E-state index contributed by atoms with van der Waals surface area (Å²) in [6.45, 7) is 2.60. The van der Waals surface area contributed by atoms with E-state index in [1.54, 1.807) is 12.0 Å². The predicted octanol–water partition coefficient (Wildman–Crippen LogP) is 2.62. The lowest BCUT2D eigenvalue weighted by Crippen LogP contribution is -2.55. The van der Waals surface area contributed by atoms with E-state index in [1.165, 1.54) is 6.42 Å². The first-order chi connectivity index (χ1) is 9.96. The minimum Gasteiger partial charge on any atom is -0.496 e. The molecular formula is C17H26N2O2. The summed E-state index contributed by atoms with van der Waals surface area (Å²) in [5.41, 5.74) is 7.84. The summed E-state index contributed by atoms with van der Waals surface area (Å²) >= 11 is 0. The molecule has 1 aliphatic carbocycles. The van der Waals surface area contributed by atoms with E-state index in [0.717, 1.165) is 42.6 Å². The maximum Gasteiger partial charge on any atom is 0.242 e. The third kappa shape index (κ3) is 3.56. The number of methoxy groups -OCH3 is 1. The van der Waals surface area contributed by atoms with E-state index in [1.807, 2.05) is 26.1 Å². The van der Waals surface area contributed by atoms with Crippen molar-refractivity contribution in [2.45, 2.75) is 51.1 Å². The van der Waals surface area contributed by atoms with Crippen LogP contribution in [-0.2, 0) is 11.3 Å². The van der Waals surface area contributed by atoms with Gasteiger partial charge >= 0.3 is 0 Å². The Kier molecular flexibility index (Phi) is 4.88. The normalized spacial score (nSPS) is 17.3. The zero-order valence-electron chi connectivity index (χ0n) is 13.3. The van der Waals surface area contributed by atoms with Gasteiger partial charge in [0, 0.05) is 13.6 Å². The molecule has 0 unspecified atom stereocenters. The summed E-state index contributed by atoms with van der Waals surface area (Å²) in [7, 11) is 3.50. The molecule has 1 amide bonds. The fraction of sp³-hybridized carbons (Fsp3) is 0.588. The van der Waals surface area contributed by atoms with Crippen molar-refractivity contribution in [2.24, 2.45) is 5.73 Å². The first kappa shape index (κ1) is 15.8. The third-order valence-corrected chi connectivity index (χ3v) is 4.40. The van der Waals surface area contributed by atoms with E-state index in [2.05, 4.69) is 6.07 Å². The van der Waals surface area contributed by atoms with Crippen LogP contribution in [0.5, 0.6) is 5.75 Å². The Labute approximate surface area is 127 Å². The van der Waals surface area contributed by atoms with Gasteiger partial charge in [-0.25, -0.2) is 0 Å². The van der Waals surface area contributed by atoms with E-state index in [9.17, 15) is 4.79 Å². The van der Waals surface area contributed by atoms with Crippen LogP contribution in [0.4, 0.5) is 0 Å². The van der Waals surface area contributed by atoms with Gasteiger partial charge in [0.1, 0.15) is 5.75 Å². The molecule has 0 saturated heterocycles. The molecule has 1 aromatic carbocycles. The lowest BCUT2D eigenvalue weighted by Gasteiger charge is -2.35. The molecule has 21 heavy (non-hydrogen) atoms. The molecule has 1 fully saturated rings. The molecule has 0 aliphatic heterocycles. The van der Waals surface area contributed by atoms with E-state index >= 15 is 0 Å².